The number of hydrogen-bond acceptors (Lipinski definition) is 9. The van der Waals surface area contributed by atoms with Crippen molar-refractivity contribution >= 4 is 35.3 Å². The van der Waals surface area contributed by atoms with Crippen LogP contribution in [0.5, 0.6) is 23.0 Å². The van der Waals surface area contributed by atoms with Gasteiger partial charge >= 0.3 is 0 Å². The highest BCUT2D eigenvalue weighted by molar-refractivity contribution is 7.03. The molecule has 1 heterocycles. The third kappa shape index (κ3) is 6.51. The Balaban J connectivity index is 1.56. The van der Waals surface area contributed by atoms with Crippen molar-refractivity contribution in [2.24, 2.45) is 0 Å². The molecule has 164 valence electrons. The average molecular weight is 452 g/mol. The van der Waals surface area contributed by atoms with E-state index in [9.17, 15) is 19.8 Å². The maximum Gasteiger partial charge on any atom is 0.163 e. The molecule has 0 bridgehead atoms. The fraction of sp³-hybridized carbons (Fsp3) is 0.130. The molecule has 3 aromatic rings. The number of aromatic nitrogens is 2. The number of rotatable bonds is 10. The van der Waals surface area contributed by atoms with Crippen molar-refractivity contribution in [3.63, 3.8) is 0 Å². The highest BCUT2D eigenvalue weighted by Gasteiger charge is 2.07. The lowest BCUT2D eigenvalue weighted by molar-refractivity contribution is -0.121. The molecule has 3 rings (SSSR count). The molecule has 0 saturated heterocycles. The number of ether oxygens (including phenoxy) is 2. The van der Waals surface area contributed by atoms with Crippen molar-refractivity contribution in [3.8, 4) is 23.0 Å². The fourth-order valence-corrected chi connectivity index (χ4v) is 3.05. The molecule has 0 aliphatic heterocycles. The lowest BCUT2D eigenvalue weighted by Crippen LogP contribution is -2.02. The molecule has 0 amide bonds. The molecular weight excluding hydrogens is 432 g/mol. The summed E-state index contributed by atoms with van der Waals surface area (Å²) in [6.07, 6.45) is 5.40. The van der Waals surface area contributed by atoms with E-state index < -0.39 is 0 Å². The molecule has 1 aromatic heterocycles. The zero-order chi connectivity index (χ0) is 22.9. The van der Waals surface area contributed by atoms with Gasteiger partial charge in [0, 0.05) is 5.38 Å². The summed E-state index contributed by atoms with van der Waals surface area (Å²) in [5, 5.41) is 25.1. The zero-order valence-electron chi connectivity index (χ0n) is 17.1. The van der Waals surface area contributed by atoms with Crippen LogP contribution >= 0.6 is 11.5 Å². The molecule has 32 heavy (non-hydrogen) atoms. The topological polar surface area (TPSA) is 119 Å². The van der Waals surface area contributed by atoms with Crippen molar-refractivity contribution in [2.45, 2.75) is 13.0 Å². The number of phenols is 2. The Morgan fingerprint density at radius 1 is 0.969 bits per heavy atom. The van der Waals surface area contributed by atoms with Crippen LogP contribution in [0.3, 0.4) is 0 Å². The average Bonchev–Trinajstić information content (AvgIpc) is 3.30. The summed E-state index contributed by atoms with van der Waals surface area (Å²) in [7, 11) is 1.43. The van der Waals surface area contributed by atoms with Gasteiger partial charge in [0.25, 0.3) is 0 Å². The second-order valence-corrected chi connectivity index (χ2v) is 7.23. The smallest absolute Gasteiger partial charge is 0.163 e. The first-order valence-electron chi connectivity index (χ1n) is 9.45. The van der Waals surface area contributed by atoms with Gasteiger partial charge in [-0.15, -0.1) is 5.10 Å². The molecule has 8 nitrogen and oxygen atoms in total. The lowest BCUT2D eigenvalue weighted by atomic mass is 10.1. The molecule has 0 spiro atoms. The predicted octanol–water partition coefficient (Wildman–Crippen LogP) is 3.79. The van der Waals surface area contributed by atoms with Crippen LogP contribution in [0.2, 0.25) is 0 Å². The van der Waals surface area contributed by atoms with E-state index in [2.05, 4.69) is 9.59 Å². The van der Waals surface area contributed by atoms with Crippen LogP contribution < -0.4 is 9.47 Å². The number of nitrogens with zero attached hydrogens (tertiary/aromatic N) is 2. The van der Waals surface area contributed by atoms with Gasteiger partial charge < -0.3 is 19.7 Å². The van der Waals surface area contributed by atoms with Gasteiger partial charge in [0.1, 0.15) is 12.3 Å². The largest absolute Gasteiger partial charge is 0.504 e. The number of methoxy groups -OCH3 is 1. The second-order valence-electron chi connectivity index (χ2n) is 6.62. The van der Waals surface area contributed by atoms with E-state index in [0.717, 1.165) is 0 Å². The summed E-state index contributed by atoms with van der Waals surface area (Å²) in [5.41, 5.74) is 1.92. The van der Waals surface area contributed by atoms with Crippen LogP contribution in [-0.2, 0) is 16.2 Å². The minimum Gasteiger partial charge on any atom is -0.504 e. The molecule has 0 fully saturated rings. The molecule has 0 atom stereocenters. The Bertz CT molecular complexity index is 1160. The van der Waals surface area contributed by atoms with Crippen LogP contribution in [0, 0.1) is 0 Å². The van der Waals surface area contributed by atoms with Gasteiger partial charge in [-0.05, 0) is 59.1 Å². The number of aromatic hydroxyl groups is 2. The quantitative estimate of drug-likeness (QED) is 0.352. The summed E-state index contributed by atoms with van der Waals surface area (Å²) >= 11 is 1.20. The SMILES string of the molecule is COc1cc(/C=C/C(=O)CC(=O)/C=C/c2ccc(O)c(OCc3csnn3)c2)ccc1O. The number of benzene rings is 2. The summed E-state index contributed by atoms with van der Waals surface area (Å²) < 4.78 is 14.3. The Kier molecular flexibility index (Phi) is 7.71. The Hall–Kier alpha value is -3.98. The summed E-state index contributed by atoms with van der Waals surface area (Å²) in [6.45, 7) is 0.157. The van der Waals surface area contributed by atoms with Crippen molar-refractivity contribution in [3.05, 3.63) is 70.8 Å². The first-order chi connectivity index (χ1) is 15.4. The number of allylic oxidation sites excluding steroid dienone is 2. The lowest BCUT2D eigenvalue weighted by Gasteiger charge is -2.07. The first-order valence-corrected chi connectivity index (χ1v) is 10.3. The van der Waals surface area contributed by atoms with E-state index >= 15 is 0 Å². The number of ketones is 2. The summed E-state index contributed by atoms with van der Waals surface area (Å²) in [5.74, 6) is -0.234. The molecular formula is C23H20N2O6S. The van der Waals surface area contributed by atoms with Gasteiger partial charge in [0.05, 0.1) is 13.5 Å². The third-order valence-corrected chi connectivity index (χ3v) is 4.79. The minimum absolute atomic E-state index is 0.000723. The van der Waals surface area contributed by atoms with E-state index in [1.165, 1.54) is 42.9 Å². The highest BCUT2D eigenvalue weighted by atomic mass is 32.1. The number of phenolic OH excluding ortho intramolecular Hbond substituents is 2. The maximum atomic E-state index is 12.1. The van der Waals surface area contributed by atoms with E-state index in [1.54, 1.807) is 41.8 Å². The van der Waals surface area contributed by atoms with Gasteiger partial charge in [-0.3, -0.25) is 9.59 Å². The number of hydrogen-bond donors (Lipinski definition) is 2. The second kappa shape index (κ2) is 10.9. The fourth-order valence-electron chi connectivity index (χ4n) is 2.61. The van der Waals surface area contributed by atoms with Crippen molar-refractivity contribution in [2.75, 3.05) is 7.11 Å². The van der Waals surface area contributed by atoms with E-state index in [0.29, 0.717) is 22.6 Å². The molecule has 2 aromatic carbocycles. The van der Waals surface area contributed by atoms with Gasteiger partial charge in [0.15, 0.2) is 34.6 Å². The zero-order valence-corrected chi connectivity index (χ0v) is 17.9. The molecule has 9 heteroatoms. The Labute approximate surface area is 188 Å². The van der Waals surface area contributed by atoms with Crippen LogP contribution in [0.25, 0.3) is 12.2 Å². The van der Waals surface area contributed by atoms with Crippen molar-refractivity contribution in [1.29, 1.82) is 0 Å². The number of carbonyl (C=O) groups excluding carboxylic acids is 2. The molecule has 0 unspecified atom stereocenters. The normalized spacial score (nSPS) is 11.2. The van der Waals surface area contributed by atoms with Crippen molar-refractivity contribution < 1.29 is 29.3 Å². The molecule has 0 aliphatic carbocycles. The third-order valence-electron chi connectivity index (χ3n) is 4.24. The van der Waals surface area contributed by atoms with Gasteiger partial charge in [-0.25, -0.2) is 0 Å². The molecule has 0 aliphatic rings. The van der Waals surface area contributed by atoms with Crippen LogP contribution in [0.1, 0.15) is 23.2 Å². The van der Waals surface area contributed by atoms with E-state index in [-0.39, 0.29) is 41.8 Å². The van der Waals surface area contributed by atoms with Gasteiger partial charge in [-0.1, -0.05) is 28.8 Å². The Morgan fingerprint density at radius 2 is 1.56 bits per heavy atom. The van der Waals surface area contributed by atoms with Crippen LogP contribution in [0.15, 0.2) is 53.9 Å². The highest BCUT2D eigenvalue weighted by Crippen LogP contribution is 2.28. The monoisotopic (exact) mass is 452 g/mol. The van der Waals surface area contributed by atoms with Gasteiger partial charge in [0.2, 0.25) is 0 Å². The Morgan fingerprint density at radius 3 is 2.12 bits per heavy atom. The standard InChI is InChI=1S/C23H20N2O6S/c1-30-22-10-15(4-8-20(22)28)2-6-18(26)12-19(27)7-3-16-5-9-21(29)23(11-16)31-13-17-14-32-25-24-17/h2-11,14,28-29H,12-13H2,1H3/b6-2+,7-3+. The minimum atomic E-state index is -0.368. The van der Waals surface area contributed by atoms with E-state index in [4.69, 9.17) is 9.47 Å². The van der Waals surface area contributed by atoms with Crippen LogP contribution in [0.4, 0.5) is 0 Å². The summed E-state index contributed by atoms with van der Waals surface area (Å²) in [4.78, 5) is 24.2. The predicted molar refractivity (Wildman–Crippen MR) is 120 cm³/mol. The van der Waals surface area contributed by atoms with Gasteiger partial charge in [-0.2, -0.15) is 0 Å². The maximum absolute atomic E-state index is 12.1. The molecule has 0 radical (unpaired) electrons. The van der Waals surface area contributed by atoms with Crippen molar-refractivity contribution in [1.82, 2.24) is 9.59 Å². The number of carbonyl (C=O) groups is 2. The van der Waals surface area contributed by atoms with Crippen LogP contribution in [-0.4, -0.2) is 38.5 Å². The van der Waals surface area contributed by atoms with E-state index in [1.807, 2.05) is 0 Å². The molecule has 0 saturated carbocycles. The summed E-state index contributed by atoms with van der Waals surface area (Å²) in [6, 6.07) is 9.32. The molecule has 2 N–H and O–H groups in total. The first kappa shape index (κ1) is 22.7.